The molecule has 1 rings (SSSR count). The number of hydrogen-bond donors (Lipinski definition) is 1. The number of carbonyl (C=O) groups excluding carboxylic acids is 1. The second-order valence-corrected chi connectivity index (χ2v) is 4.89. The molecule has 1 aromatic rings. The van der Waals surface area contributed by atoms with Crippen LogP contribution in [0.2, 0.25) is 0 Å². The number of nitrogens with zero attached hydrogens (tertiary/aromatic N) is 3. The molecule has 0 radical (unpaired) electrons. The fourth-order valence-electron chi connectivity index (χ4n) is 1.90. The van der Waals surface area contributed by atoms with Crippen molar-refractivity contribution in [2.24, 2.45) is 0 Å². The molecule has 0 aliphatic rings. The normalized spacial score (nSPS) is 13.1. The van der Waals surface area contributed by atoms with E-state index in [1.807, 2.05) is 19.1 Å². The van der Waals surface area contributed by atoms with Crippen LogP contribution in [0, 0.1) is 0 Å². The van der Waals surface area contributed by atoms with Crippen LogP contribution < -0.4 is 21.4 Å². The van der Waals surface area contributed by atoms with Gasteiger partial charge in [0.2, 0.25) is 5.91 Å². The van der Waals surface area contributed by atoms with Crippen molar-refractivity contribution in [1.82, 2.24) is 20.3 Å². The van der Waals surface area contributed by atoms with Gasteiger partial charge < -0.3 is 5.32 Å². The van der Waals surface area contributed by atoms with Crippen molar-refractivity contribution in [2.45, 2.75) is 13.5 Å². The van der Waals surface area contributed by atoms with E-state index in [0.29, 0.717) is 17.1 Å². The van der Waals surface area contributed by atoms with Gasteiger partial charge in [-0.05, 0) is 24.6 Å². The maximum atomic E-state index is 12.4. The van der Waals surface area contributed by atoms with Gasteiger partial charge in [-0.1, -0.05) is 61.4 Å². The molecular formula is C19H22N4O2. The first-order valence-corrected chi connectivity index (χ1v) is 7.67. The average molecular weight is 338 g/mol. The van der Waals surface area contributed by atoms with Gasteiger partial charge in [0.1, 0.15) is 11.9 Å². The highest BCUT2D eigenvalue weighted by Gasteiger charge is 2.07. The smallest absolute Gasteiger partial charge is 0.278 e. The monoisotopic (exact) mass is 338 g/mol. The predicted octanol–water partition coefficient (Wildman–Crippen LogP) is 0.376. The molecule has 0 aromatic carbocycles. The average Bonchev–Trinajstić information content (AvgIpc) is 2.61. The summed E-state index contributed by atoms with van der Waals surface area (Å²) < 4.78 is 1.01. The fraction of sp³-hybridized carbons (Fsp3) is 0.158. The van der Waals surface area contributed by atoms with E-state index in [1.54, 1.807) is 18.2 Å². The lowest BCUT2D eigenvalue weighted by atomic mass is 10.2. The first-order chi connectivity index (χ1) is 12.1. The first-order valence-electron chi connectivity index (χ1n) is 7.67. The van der Waals surface area contributed by atoms with E-state index >= 15 is 0 Å². The summed E-state index contributed by atoms with van der Waals surface area (Å²) in [5.41, 5.74) is 0.499. The van der Waals surface area contributed by atoms with Crippen molar-refractivity contribution >= 4 is 18.1 Å². The van der Waals surface area contributed by atoms with E-state index in [2.05, 4.69) is 35.4 Å². The maximum absolute atomic E-state index is 12.4. The first kappa shape index (κ1) is 19.8. The Morgan fingerprint density at radius 2 is 1.92 bits per heavy atom. The van der Waals surface area contributed by atoms with Crippen LogP contribution in [0.1, 0.15) is 6.92 Å². The Labute approximate surface area is 146 Å². The molecule has 0 bridgehead atoms. The van der Waals surface area contributed by atoms with Gasteiger partial charge in [0.15, 0.2) is 0 Å². The van der Waals surface area contributed by atoms with Gasteiger partial charge in [-0.25, -0.2) is 4.68 Å². The molecule has 0 atom stereocenters. The van der Waals surface area contributed by atoms with Gasteiger partial charge in [0.25, 0.3) is 5.56 Å². The molecule has 0 aliphatic heterocycles. The summed E-state index contributed by atoms with van der Waals surface area (Å²) in [5.74, 6) is -0.340. The van der Waals surface area contributed by atoms with Crippen LogP contribution in [0.25, 0.3) is 12.2 Å². The van der Waals surface area contributed by atoms with E-state index in [0.717, 1.165) is 10.3 Å². The molecular weight excluding hydrogens is 316 g/mol. The van der Waals surface area contributed by atoms with E-state index in [-0.39, 0.29) is 12.5 Å². The van der Waals surface area contributed by atoms with Crippen LogP contribution in [0.15, 0.2) is 66.6 Å². The molecule has 6 nitrogen and oxygen atoms in total. The van der Waals surface area contributed by atoms with Crippen molar-refractivity contribution < 1.29 is 4.79 Å². The highest BCUT2D eigenvalue weighted by atomic mass is 16.2. The van der Waals surface area contributed by atoms with Crippen LogP contribution >= 0.6 is 0 Å². The number of rotatable bonds is 8. The van der Waals surface area contributed by atoms with Crippen molar-refractivity contribution in [3.8, 4) is 0 Å². The van der Waals surface area contributed by atoms with Gasteiger partial charge in [-0.15, -0.1) is 5.10 Å². The summed E-state index contributed by atoms with van der Waals surface area (Å²) in [6, 6.07) is 0. The largest absolute Gasteiger partial charge is 0.350 e. The Kier molecular flexibility index (Phi) is 8.29. The van der Waals surface area contributed by atoms with Crippen molar-refractivity contribution in [3.63, 3.8) is 0 Å². The molecule has 1 N–H and O–H groups in total. The van der Waals surface area contributed by atoms with Gasteiger partial charge in [-0.3, -0.25) is 9.59 Å². The number of amides is 1. The van der Waals surface area contributed by atoms with Crippen molar-refractivity contribution in [1.29, 1.82) is 0 Å². The molecule has 0 saturated heterocycles. The van der Waals surface area contributed by atoms with Gasteiger partial charge >= 0.3 is 0 Å². The lowest BCUT2D eigenvalue weighted by molar-refractivity contribution is -0.121. The number of carbonyl (C=O) groups is 1. The lowest BCUT2D eigenvalue weighted by Gasteiger charge is -2.06. The fourth-order valence-corrected chi connectivity index (χ4v) is 1.90. The zero-order chi connectivity index (χ0) is 18.7. The Hall–Kier alpha value is -3.28. The van der Waals surface area contributed by atoms with Gasteiger partial charge in [-0.2, -0.15) is 0 Å². The topological polar surface area (TPSA) is 76.9 Å². The standard InChI is InChI=1S/C19H22N4O2/c1-5-9-12-15(8-4)13-20-18(24)14-23-19(25)16(10-6-2)17(11-7-3)21-22-23/h5-12H,1-3,13-14H2,4H3,(H,20,24)/b12-9-,15-8+,16-10+,17-11+. The minimum absolute atomic E-state index is 0.222. The summed E-state index contributed by atoms with van der Waals surface area (Å²) in [7, 11) is 0. The third-order valence-electron chi connectivity index (χ3n) is 3.16. The van der Waals surface area contributed by atoms with Gasteiger partial charge in [0, 0.05) is 6.54 Å². The molecule has 0 saturated carbocycles. The minimum Gasteiger partial charge on any atom is -0.350 e. The number of aromatic nitrogens is 3. The molecule has 1 heterocycles. The van der Waals surface area contributed by atoms with E-state index in [1.165, 1.54) is 18.2 Å². The van der Waals surface area contributed by atoms with Gasteiger partial charge in [0.05, 0.1) is 5.22 Å². The van der Waals surface area contributed by atoms with Crippen LogP contribution in [-0.2, 0) is 11.3 Å². The van der Waals surface area contributed by atoms with Crippen LogP contribution in [0.5, 0.6) is 0 Å². The Morgan fingerprint density at radius 1 is 1.20 bits per heavy atom. The van der Waals surface area contributed by atoms with Crippen molar-refractivity contribution in [2.75, 3.05) is 6.54 Å². The molecule has 130 valence electrons. The quantitative estimate of drug-likeness (QED) is 0.695. The van der Waals surface area contributed by atoms with Crippen LogP contribution in [0.4, 0.5) is 0 Å². The third-order valence-corrected chi connectivity index (χ3v) is 3.16. The summed E-state index contributed by atoms with van der Waals surface area (Å²) in [6.07, 6.45) is 13.2. The Balaban J connectivity index is 2.99. The summed E-state index contributed by atoms with van der Waals surface area (Å²) in [5, 5.41) is 11.2. The molecule has 1 amide bonds. The summed E-state index contributed by atoms with van der Waals surface area (Å²) in [6.45, 7) is 12.7. The van der Waals surface area contributed by atoms with Crippen LogP contribution in [-0.4, -0.2) is 27.4 Å². The zero-order valence-corrected chi connectivity index (χ0v) is 14.3. The lowest BCUT2D eigenvalue weighted by Crippen LogP contribution is -2.49. The summed E-state index contributed by atoms with van der Waals surface area (Å²) in [4.78, 5) is 24.5. The second kappa shape index (κ2) is 10.5. The number of hydrogen-bond acceptors (Lipinski definition) is 4. The second-order valence-electron chi connectivity index (χ2n) is 4.89. The molecule has 0 aliphatic carbocycles. The molecule has 0 unspecified atom stereocenters. The third kappa shape index (κ3) is 6.02. The summed E-state index contributed by atoms with van der Waals surface area (Å²) >= 11 is 0. The molecule has 0 fully saturated rings. The minimum atomic E-state index is -0.420. The number of nitrogens with one attached hydrogen (secondary N) is 1. The number of allylic oxidation sites excluding steroid dienone is 5. The molecule has 6 heteroatoms. The Bertz CT molecular complexity index is 889. The highest BCUT2D eigenvalue weighted by Crippen LogP contribution is 1.95. The van der Waals surface area contributed by atoms with E-state index in [9.17, 15) is 9.59 Å². The molecule has 1 aromatic heterocycles. The Morgan fingerprint density at radius 3 is 2.52 bits per heavy atom. The highest BCUT2D eigenvalue weighted by molar-refractivity contribution is 5.75. The zero-order valence-electron chi connectivity index (χ0n) is 14.3. The predicted molar refractivity (Wildman–Crippen MR) is 101 cm³/mol. The van der Waals surface area contributed by atoms with Crippen molar-refractivity contribution in [3.05, 3.63) is 82.7 Å². The molecule has 0 spiro atoms. The van der Waals surface area contributed by atoms with E-state index < -0.39 is 5.56 Å². The molecule has 25 heavy (non-hydrogen) atoms. The van der Waals surface area contributed by atoms with E-state index in [4.69, 9.17) is 0 Å². The SMILES string of the molecule is C=C/C=C\C(=C/C)CNC(=O)Cn1nnc(=C/C=C)/c(=C\C=C)c1=O. The van der Waals surface area contributed by atoms with Crippen LogP contribution in [0.3, 0.4) is 0 Å². The maximum Gasteiger partial charge on any atom is 0.278 e.